The molecule has 0 unspecified atom stereocenters. The van der Waals surface area contributed by atoms with Gasteiger partial charge in [-0.1, -0.05) is 19.1 Å². The molecule has 94 valence electrons. The lowest BCUT2D eigenvalue weighted by molar-refractivity contribution is 0.420. The van der Waals surface area contributed by atoms with Crippen molar-refractivity contribution in [2.75, 3.05) is 6.54 Å². The average molecular weight is 247 g/mol. The van der Waals surface area contributed by atoms with Gasteiger partial charge in [0.05, 0.1) is 5.69 Å². The number of benzene rings is 1. The van der Waals surface area contributed by atoms with Crippen LogP contribution in [0.2, 0.25) is 0 Å². The highest BCUT2D eigenvalue weighted by Gasteiger charge is 2.04. The van der Waals surface area contributed by atoms with Crippen molar-refractivity contribution in [1.29, 1.82) is 0 Å². The lowest BCUT2D eigenvalue weighted by atomic mass is 10.3. The fraction of sp³-hybridized carbons (Fsp3) is 0.231. The highest BCUT2D eigenvalue weighted by Crippen LogP contribution is 2.21. The number of nitrogens with zero attached hydrogens (tertiary/aromatic N) is 2. The molecule has 0 fully saturated rings. The molecule has 0 aliphatic rings. The van der Waals surface area contributed by atoms with Gasteiger partial charge in [-0.3, -0.25) is 0 Å². The molecule has 0 aliphatic heterocycles. The molecule has 5 heteroatoms. The molecule has 1 heterocycles. The van der Waals surface area contributed by atoms with Gasteiger partial charge >= 0.3 is 0 Å². The van der Waals surface area contributed by atoms with Gasteiger partial charge in [0, 0.05) is 12.6 Å². The summed E-state index contributed by atoms with van der Waals surface area (Å²) in [5.74, 6) is 0.00241. The Morgan fingerprint density at radius 1 is 1.17 bits per heavy atom. The van der Waals surface area contributed by atoms with E-state index in [9.17, 15) is 4.39 Å². The molecule has 0 amide bonds. The number of hydrogen-bond donors (Lipinski definition) is 1. The third-order valence-corrected chi connectivity index (χ3v) is 2.30. The molecular formula is C13H14FN3O. The first-order valence-electron chi connectivity index (χ1n) is 5.75. The highest BCUT2D eigenvalue weighted by molar-refractivity contribution is 5.28. The second-order valence-electron chi connectivity index (χ2n) is 3.68. The molecule has 0 saturated carbocycles. The fourth-order valence-corrected chi connectivity index (χ4v) is 1.39. The Balaban J connectivity index is 2.04. The van der Waals surface area contributed by atoms with Crippen molar-refractivity contribution in [2.24, 2.45) is 0 Å². The summed E-state index contributed by atoms with van der Waals surface area (Å²) < 4.78 is 18.6. The van der Waals surface area contributed by atoms with Crippen LogP contribution in [0.5, 0.6) is 11.6 Å². The second-order valence-corrected chi connectivity index (χ2v) is 3.68. The summed E-state index contributed by atoms with van der Waals surface area (Å²) in [6.07, 6.45) is 0. The number of nitrogens with one attached hydrogen (secondary N) is 1. The smallest absolute Gasteiger partial charge is 0.239 e. The van der Waals surface area contributed by atoms with E-state index in [2.05, 4.69) is 15.5 Å². The maximum Gasteiger partial charge on any atom is 0.239 e. The highest BCUT2D eigenvalue weighted by atomic mass is 19.1. The van der Waals surface area contributed by atoms with Gasteiger partial charge < -0.3 is 10.1 Å². The predicted molar refractivity (Wildman–Crippen MR) is 65.9 cm³/mol. The van der Waals surface area contributed by atoms with E-state index in [4.69, 9.17) is 4.74 Å². The SMILES string of the molecule is CCNCc1ccc(Oc2ccccc2F)nn1. The van der Waals surface area contributed by atoms with Crippen LogP contribution in [-0.2, 0) is 6.54 Å². The van der Waals surface area contributed by atoms with Crippen molar-refractivity contribution < 1.29 is 9.13 Å². The molecule has 0 saturated heterocycles. The zero-order valence-corrected chi connectivity index (χ0v) is 10.1. The van der Waals surface area contributed by atoms with E-state index >= 15 is 0 Å². The van der Waals surface area contributed by atoms with E-state index in [0.29, 0.717) is 6.54 Å². The van der Waals surface area contributed by atoms with E-state index in [1.54, 1.807) is 30.3 Å². The van der Waals surface area contributed by atoms with Gasteiger partial charge in [-0.05, 0) is 24.7 Å². The van der Waals surface area contributed by atoms with Crippen LogP contribution in [0.15, 0.2) is 36.4 Å². The molecule has 4 nitrogen and oxygen atoms in total. The molecule has 2 aromatic rings. The van der Waals surface area contributed by atoms with Crippen LogP contribution >= 0.6 is 0 Å². The molecular weight excluding hydrogens is 233 g/mol. The van der Waals surface area contributed by atoms with E-state index < -0.39 is 5.82 Å². The maximum atomic E-state index is 13.3. The number of para-hydroxylation sites is 1. The van der Waals surface area contributed by atoms with Crippen LogP contribution in [0.3, 0.4) is 0 Å². The number of halogens is 1. The molecule has 0 bridgehead atoms. The minimum atomic E-state index is -0.420. The van der Waals surface area contributed by atoms with E-state index in [1.165, 1.54) is 6.07 Å². The van der Waals surface area contributed by atoms with E-state index in [0.717, 1.165) is 12.2 Å². The standard InChI is InChI=1S/C13H14FN3O/c1-2-15-9-10-7-8-13(17-16-10)18-12-6-4-3-5-11(12)14/h3-8,15H,2,9H2,1H3. The topological polar surface area (TPSA) is 47.0 Å². The Bertz CT molecular complexity index is 502. The van der Waals surface area contributed by atoms with Crippen LogP contribution in [0.1, 0.15) is 12.6 Å². The molecule has 1 aromatic heterocycles. The Morgan fingerprint density at radius 2 is 2.00 bits per heavy atom. The lowest BCUT2D eigenvalue weighted by Gasteiger charge is -2.05. The third-order valence-electron chi connectivity index (χ3n) is 2.30. The quantitative estimate of drug-likeness (QED) is 0.882. The number of ether oxygens (including phenoxy) is 1. The van der Waals surface area contributed by atoms with Gasteiger partial charge in [-0.2, -0.15) is 5.10 Å². The van der Waals surface area contributed by atoms with Crippen molar-refractivity contribution >= 4 is 0 Å². The first kappa shape index (κ1) is 12.4. The number of aromatic nitrogens is 2. The van der Waals surface area contributed by atoms with Crippen LogP contribution in [0.4, 0.5) is 4.39 Å². The first-order valence-corrected chi connectivity index (χ1v) is 5.75. The predicted octanol–water partition coefficient (Wildman–Crippen LogP) is 2.52. The Morgan fingerprint density at radius 3 is 2.67 bits per heavy atom. The maximum absolute atomic E-state index is 13.3. The van der Waals surface area contributed by atoms with Gasteiger partial charge in [-0.15, -0.1) is 5.10 Å². The summed E-state index contributed by atoms with van der Waals surface area (Å²) >= 11 is 0. The zero-order valence-electron chi connectivity index (χ0n) is 10.1. The second kappa shape index (κ2) is 6.07. The van der Waals surface area contributed by atoms with E-state index in [1.807, 2.05) is 6.92 Å². The van der Waals surface area contributed by atoms with Gasteiger partial charge in [0.15, 0.2) is 11.6 Å². The van der Waals surface area contributed by atoms with Crippen molar-refractivity contribution in [3.63, 3.8) is 0 Å². The van der Waals surface area contributed by atoms with Gasteiger partial charge in [0.1, 0.15) is 0 Å². The van der Waals surface area contributed by atoms with Crippen LogP contribution in [0.25, 0.3) is 0 Å². The van der Waals surface area contributed by atoms with E-state index in [-0.39, 0.29) is 11.6 Å². The molecule has 1 aromatic carbocycles. The molecule has 1 N–H and O–H groups in total. The van der Waals surface area contributed by atoms with Gasteiger partial charge in [0.25, 0.3) is 0 Å². The van der Waals surface area contributed by atoms with Crippen molar-refractivity contribution in [3.05, 3.63) is 47.9 Å². The fourth-order valence-electron chi connectivity index (χ4n) is 1.39. The molecule has 0 atom stereocenters. The summed E-state index contributed by atoms with van der Waals surface area (Å²) in [5, 5.41) is 11.0. The lowest BCUT2D eigenvalue weighted by Crippen LogP contribution is -2.13. The van der Waals surface area contributed by atoms with Crippen molar-refractivity contribution in [3.8, 4) is 11.6 Å². The largest absolute Gasteiger partial charge is 0.434 e. The number of rotatable bonds is 5. The van der Waals surface area contributed by atoms with Gasteiger partial charge in [-0.25, -0.2) is 4.39 Å². The molecule has 18 heavy (non-hydrogen) atoms. The summed E-state index contributed by atoms with van der Waals surface area (Å²) in [6.45, 7) is 3.54. The summed E-state index contributed by atoms with van der Waals surface area (Å²) in [6, 6.07) is 9.66. The van der Waals surface area contributed by atoms with Crippen LogP contribution in [-0.4, -0.2) is 16.7 Å². The molecule has 0 aliphatic carbocycles. The normalized spacial score (nSPS) is 10.3. The summed E-state index contributed by atoms with van der Waals surface area (Å²) in [7, 11) is 0. The molecule has 0 radical (unpaired) electrons. The Kier molecular flexibility index (Phi) is 4.20. The van der Waals surface area contributed by atoms with Crippen molar-refractivity contribution in [2.45, 2.75) is 13.5 Å². The van der Waals surface area contributed by atoms with Gasteiger partial charge in [0.2, 0.25) is 5.88 Å². The third kappa shape index (κ3) is 3.24. The molecule has 2 rings (SSSR count). The summed E-state index contributed by atoms with van der Waals surface area (Å²) in [4.78, 5) is 0. The molecule has 0 spiro atoms. The number of hydrogen-bond acceptors (Lipinski definition) is 4. The zero-order chi connectivity index (χ0) is 12.8. The average Bonchev–Trinajstić information content (AvgIpc) is 2.41. The van der Waals surface area contributed by atoms with Crippen LogP contribution in [0, 0.1) is 5.82 Å². The minimum absolute atomic E-state index is 0.145. The monoisotopic (exact) mass is 247 g/mol. The minimum Gasteiger partial charge on any atom is -0.434 e. The Hall–Kier alpha value is -2.01. The Labute approximate surface area is 105 Å². The van der Waals surface area contributed by atoms with Crippen molar-refractivity contribution in [1.82, 2.24) is 15.5 Å². The summed E-state index contributed by atoms with van der Waals surface area (Å²) in [5.41, 5.74) is 0.817. The van der Waals surface area contributed by atoms with Crippen LogP contribution < -0.4 is 10.1 Å². The first-order chi connectivity index (χ1) is 8.79.